The molecule has 8 rings (SSSR count). The molecule has 0 aromatic rings. The monoisotopic (exact) mass is 814 g/mol. The van der Waals surface area contributed by atoms with Crippen molar-refractivity contribution in [3.63, 3.8) is 0 Å². The molecule has 328 valence electrons. The van der Waals surface area contributed by atoms with E-state index in [9.17, 15) is 51.1 Å². The highest BCUT2D eigenvalue weighted by Crippen LogP contribution is 2.89. The topological polar surface area (TPSA) is 248 Å². The van der Waals surface area contributed by atoms with Crippen molar-refractivity contribution in [1.82, 2.24) is 0 Å². The quantitative estimate of drug-likeness (QED) is 0.139. The molecule has 15 nitrogen and oxygen atoms in total. The minimum Gasteiger partial charge on any atom is -0.396 e. The van der Waals surface area contributed by atoms with E-state index in [1.54, 1.807) is 13.8 Å². The van der Waals surface area contributed by atoms with E-state index in [1.165, 1.54) is 0 Å². The summed E-state index contributed by atoms with van der Waals surface area (Å²) in [5.41, 5.74) is -2.71. The number of ether oxygens (including phenoxy) is 5. The van der Waals surface area contributed by atoms with Crippen molar-refractivity contribution >= 4 is 0 Å². The zero-order valence-corrected chi connectivity index (χ0v) is 34.4. The van der Waals surface area contributed by atoms with Gasteiger partial charge in [-0.2, -0.15) is 0 Å². The van der Waals surface area contributed by atoms with Gasteiger partial charge in [0.25, 0.3) is 0 Å². The van der Waals surface area contributed by atoms with E-state index in [0.29, 0.717) is 25.2 Å². The molecule has 3 heterocycles. The average Bonchev–Trinajstić information content (AvgIpc) is 3.51. The SMILES string of the molecule is CC(C)(O)[C@@H]1CC[C@](C)([C@@H]2[C@@H](O)C[C@@]3(C)[C@@H]4CC[C@@H]5C(C)(C)[C@@H](O[C@@H]6O[C@H](CO[C@@H]7O[C@H](CO)[C@@H](O)[C@H](O)[C@H]7O)[C@@H](O)[C@H](O)[C@H]6O)CC[C@@]56C[C@@]46CC[C@]23CO)O1. The maximum atomic E-state index is 12.0. The first kappa shape index (κ1) is 43.1. The van der Waals surface area contributed by atoms with Crippen molar-refractivity contribution in [1.29, 1.82) is 0 Å². The first-order valence-electron chi connectivity index (χ1n) is 21.5. The summed E-state index contributed by atoms with van der Waals surface area (Å²) >= 11 is 0. The van der Waals surface area contributed by atoms with E-state index in [-0.39, 0.29) is 52.3 Å². The summed E-state index contributed by atoms with van der Waals surface area (Å²) in [6.07, 6.45) is -7.77. The van der Waals surface area contributed by atoms with Crippen LogP contribution in [-0.4, -0.2) is 162 Å². The first-order valence-corrected chi connectivity index (χ1v) is 21.5. The Hall–Kier alpha value is -0.600. The van der Waals surface area contributed by atoms with Gasteiger partial charge in [0, 0.05) is 17.9 Å². The number of aliphatic hydroxyl groups is 10. The van der Waals surface area contributed by atoms with Gasteiger partial charge in [-0.1, -0.05) is 20.8 Å². The van der Waals surface area contributed by atoms with Crippen LogP contribution in [0.15, 0.2) is 0 Å². The summed E-state index contributed by atoms with van der Waals surface area (Å²) in [5, 5.41) is 107. The average molecular weight is 815 g/mol. The normalized spacial score (nSPS) is 57.1. The number of rotatable bonds is 9. The van der Waals surface area contributed by atoms with Gasteiger partial charge < -0.3 is 74.7 Å². The highest BCUT2D eigenvalue weighted by molar-refractivity contribution is 5.32. The third kappa shape index (κ3) is 6.06. The maximum Gasteiger partial charge on any atom is 0.186 e. The van der Waals surface area contributed by atoms with Gasteiger partial charge in [-0.3, -0.25) is 0 Å². The van der Waals surface area contributed by atoms with Gasteiger partial charge in [-0.25, -0.2) is 0 Å². The fourth-order valence-electron chi connectivity index (χ4n) is 15.1. The molecule has 8 aliphatic rings. The van der Waals surface area contributed by atoms with E-state index < -0.39 is 97.3 Å². The Morgan fingerprint density at radius 2 is 1.30 bits per heavy atom. The summed E-state index contributed by atoms with van der Waals surface area (Å²) in [4.78, 5) is 0. The molecule has 15 heteroatoms. The van der Waals surface area contributed by atoms with Gasteiger partial charge in [0.15, 0.2) is 12.6 Å². The van der Waals surface area contributed by atoms with Crippen molar-refractivity contribution in [2.24, 2.45) is 44.8 Å². The summed E-state index contributed by atoms with van der Waals surface area (Å²) in [6.45, 7) is 11.3. The van der Waals surface area contributed by atoms with Crippen LogP contribution in [0.5, 0.6) is 0 Å². The number of hydrogen-bond donors (Lipinski definition) is 10. The summed E-state index contributed by atoms with van der Waals surface area (Å²) in [7, 11) is 0. The zero-order valence-electron chi connectivity index (χ0n) is 34.4. The largest absolute Gasteiger partial charge is 0.396 e. The Morgan fingerprint density at radius 3 is 1.93 bits per heavy atom. The molecule has 2 spiro atoms. The van der Waals surface area contributed by atoms with Crippen LogP contribution < -0.4 is 0 Å². The molecule has 0 aromatic carbocycles. The lowest BCUT2D eigenvalue weighted by Crippen LogP contribution is -2.63. The van der Waals surface area contributed by atoms with Gasteiger partial charge in [-0.05, 0) is 118 Å². The molecule has 3 aliphatic heterocycles. The molecule has 21 atom stereocenters. The van der Waals surface area contributed by atoms with Crippen LogP contribution in [0, 0.1) is 44.8 Å². The highest BCUT2D eigenvalue weighted by Gasteiger charge is 2.84. The van der Waals surface area contributed by atoms with Crippen molar-refractivity contribution in [2.45, 2.75) is 197 Å². The first-order chi connectivity index (χ1) is 26.6. The Labute approximate surface area is 335 Å². The fourth-order valence-corrected chi connectivity index (χ4v) is 15.1. The molecule has 57 heavy (non-hydrogen) atoms. The standard InChI is InChI=1S/C42H70O15/c1-36(2)23-7-8-24-38(5)15-20(45)33(39(6)11-9-26(57-39)37(3,4)52)42(38,19-44)14-13-41(24)18-40(23,41)12-10-25(36)56-35-32(51)30(49)28(47)22(55-35)17-53-34-31(50)29(48)27(46)21(16-43)54-34/h20-35,43-52H,7-19H2,1-6H3/t20-,21+,22+,23+,24-,25-,26-,27+,28+,29-,30-,31+,32+,33-,34+,35-,38-,39+,40+,41-,42-/m0/s1. The summed E-state index contributed by atoms with van der Waals surface area (Å²) in [6, 6.07) is 0. The van der Waals surface area contributed by atoms with Crippen molar-refractivity contribution in [3.05, 3.63) is 0 Å². The lowest BCUT2D eigenvalue weighted by atomic mass is 9.41. The van der Waals surface area contributed by atoms with Crippen molar-refractivity contribution in [3.8, 4) is 0 Å². The van der Waals surface area contributed by atoms with Crippen LogP contribution in [0.25, 0.3) is 0 Å². The van der Waals surface area contributed by atoms with E-state index in [4.69, 9.17) is 23.7 Å². The Kier molecular flexibility index (Phi) is 10.7. The van der Waals surface area contributed by atoms with E-state index in [2.05, 4.69) is 27.7 Å². The highest BCUT2D eigenvalue weighted by atomic mass is 16.7. The molecule has 0 aromatic heterocycles. The Bertz CT molecular complexity index is 1490. The minimum absolute atomic E-state index is 0.0133. The van der Waals surface area contributed by atoms with Crippen LogP contribution in [0.3, 0.4) is 0 Å². The molecule has 0 bridgehead atoms. The number of fused-ring (bicyclic) bond motifs is 2. The number of aliphatic hydroxyl groups excluding tert-OH is 9. The third-order valence-corrected chi connectivity index (χ3v) is 18.0. The predicted molar refractivity (Wildman–Crippen MR) is 200 cm³/mol. The number of hydrogen-bond acceptors (Lipinski definition) is 15. The zero-order chi connectivity index (χ0) is 41.5. The minimum atomic E-state index is -1.66. The fraction of sp³-hybridized carbons (Fsp3) is 1.00. The lowest BCUT2D eigenvalue weighted by Gasteiger charge is -2.64. The van der Waals surface area contributed by atoms with Crippen LogP contribution >= 0.6 is 0 Å². The molecule has 0 unspecified atom stereocenters. The van der Waals surface area contributed by atoms with Crippen molar-refractivity contribution in [2.75, 3.05) is 19.8 Å². The van der Waals surface area contributed by atoms with Crippen LogP contribution in [-0.2, 0) is 23.7 Å². The van der Waals surface area contributed by atoms with Crippen LogP contribution in [0.4, 0.5) is 0 Å². The molecule has 5 aliphatic carbocycles. The third-order valence-electron chi connectivity index (χ3n) is 18.0. The van der Waals surface area contributed by atoms with Crippen LogP contribution in [0.1, 0.15) is 106 Å². The smallest absolute Gasteiger partial charge is 0.186 e. The van der Waals surface area contributed by atoms with Gasteiger partial charge in [0.1, 0.15) is 48.8 Å². The molecule has 0 amide bonds. The molecule has 10 N–H and O–H groups in total. The van der Waals surface area contributed by atoms with Gasteiger partial charge >= 0.3 is 0 Å². The van der Waals surface area contributed by atoms with E-state index >= 15 is 0 Å². The summed E-state index contributed by atoms with van der Waals surface area (Å²) < 4.78 is 30.4. The van der Waals surface area contributed by atoms with E-state index in [0.717, 1.165) is 44.9 Å². The Morgan fingerprint density at radius 1 is 0.684 bits per heavy atom. The predicted octanol–water partition coefficient (Wildman–Crippen LogP) is 0.0866. The molecule has 8 fully saturated rings. The molecule has 5 saturated carbocycles. The molecule has 3 saturated heterocycles. The second-order valence-electron chi connectivity index (χ2n) is 21.3. The van der Waals surface area contributed by atoms with E-state index in [1.807, 2.05) is 0 Å². The van der Waals surface area contributed by atoms with Crippen LogP contribution in [0.2, 0.25) is 0 Å². The lowest BCUT2D eigenvalue weighted by molar-refractivity contribution is -0.343. The molecular formula is C42H70O15. The second kappa shape index (κ2) is 14.2. The van der Waals surface area contributed by atoms with Crippen molar-refractivity contribution < 1.29 is 74.7 Å². The Balaban J connectivity index is 0.969. The maximum absolute atomic E-state index is 12.0. The van der Waals surface area contributed by atoms with Gasteiger partial charge in [-0.15, -0.1) is 0 Å². The van der Waals surface area contributed by atoms with Gasteiger partial charge in [0.2, 0.25) is 0 Å². The van der Waals surface area contributed by atoms with Gasteiger partial charge in [0.05, 0.1) is 42.7 Å². The molecular weight excluding hydrogens is 744 g/mol. The molecule has 0 radical (unpaired) electrons. The second-order valence-corrected chi connectivity index (χ2v) is 21.3. The summed E-state index contributed by atoms with van der Waals surface area (Å²) in [5.74, 6) is 0.354.